The number of hydrogen-bond acceptors (Lipinski definition) is 15. The zero-order valence-electron chi connectivity index (χ0n) is 33.7. The lowest BCUT2D eigenvalue weighted by atomic mass is 9.44. The molecule has 11 atom stereocenters. The SMILES string of the molecule is CC(=O)OC1C(=O)C2(C)C(O)CC3OCC3(OC(C)=O)C2C2OC(=O)CCCCC/C=C\C(NC(=O)OC(C)(C)C)C(O)C(=O)OC3CC2(O)C(C)(C)C1=C3C. The van der Waals surface area contributed by atoms with Crippen LogP contribution < -0.4 is 5.32 Å². The first-order chi connectivity index (χ1) is 25.9. The van der Waals surface area contributed by atoms with Crippen LogP contribution in [0, 0.1) is 16.7 Å². The second-order valence-electron chi connectivity index (χ2n) is 17.5. The van der Waals surface area contributed by atoms with Gasteiger partial charge in [0, 0.05) is 38.5 Å². The third kappa shape index (κ3) is 7.61. The maximum absolute atomic E-state index is 15.3. The number of allylic oxidation sites excluding steroid dienone is 1. The number of amides is 1. The van der Waals surface area contributed by atoms with Crippen molar-refractivity contribution < 1.29 is 72.5 Å². The summed E-state index contributed by atoms with van der Waals surface area (Å²) in [6.45, 7) is 13.0. The summed E-state index contributed by atoms with van der Waals surface area (Å²) in [6, 6.07) is -1.31. The number of aliphatic hydroxyl groups excluding tert-OH is 2. The Hall–Kier alpha value is -3.86. The summed E-state index contributed by atoms with van der Waals surface area (Å²) in [4.78, 5) is 81.6. The molecule has 1 saturated heterocycles. The summed E-state index contributed by atoms with van der Waals surface area (Å²) in [5, 5.41) is 39.3. The molecule has 2 saturated carbocycles. The summed E-state index contributed by atoms with van der Waals surface area (Å²) in [7, 11) is 0. The van der Waals surface area contributed by atoms with Crippen molar-refractivity contribution in [2.75, 3.05) is 6.61 Å². The van der Waals surface area contributed by atoms with Gasteiger partial charge >= 0.3 is 30.0 Å². The van der Waals surface area contributed by atoms with Crippen molar-refractivity contribution in [2.24, 2.45) is 16.7 Å². The van der Waals surface area contributed by atoms with Gasteiger partial charge in [0.1, 0.15) is 29.5 Å². The number of ether oxygens (including phenoxy) is 6. The van der Waals surface area contributed by atoms with Crippen LogP contribution in [0.4, 0.5) is 4.79 Å². The first-order valence-corrected chi connectivity index (χ1v) is 19.3. The van der Waals surface area contributed by atoms with E-state index in [9.17, 15) is 39.3 Å². The molecule has 4 N–H and O–H groups in total. The molecule has 3 fully saturated rings. The maximum Gasteiger partial charge on any atom is 0.408 e. The van der Waals surface area contributed by atoms with Gasteiger partial charge in [-0.1, -0.05) is 32.4 Å². The quantitative estimate of drug-likeness (QED) is 0.183. The number of carbonyl (C=O) groups is 6. The van der Waals surface area contributed by atoms with Crippen molar-refractivity contribution in [1.82, 2.24) is 5.32 Å². The summed E-state index contributed by atoms with van der Waals surface area (Å²) < 4.78 is 35.3. The van der Waals surface area contributed by atoms with Gasteiger partial charge in [-0.25, -0.2) is 9.59 Å². The zero-order valence-corrected chi connectivity index (χ0v) is 33.7. The van der Waals surface area contributed by atoms with Gasteiger partial charge in [0.25, 0.3) is 0 Å². The average Bonchev–Trinajstić information content (AvgIpc) is 3.06. The Balaban J connectivity index is 1.74. The van der Waals surface area contributed by atoms with Crippen LogP contribution in [0.15, 0.2) is 23.3 Å². The van der Waals surface area contributed by atoms with Crippen LogP contribution in [0.3, 0.4) is 0 Å². The van der Waals surface area contributed by atoms with E-state index in [4.69, 9.17) is 28.4 Å². The third-order valence-electron chi connectivity index (χ3n) is 12.3. The highest BCUT2D eigenvalue weighted by Crippen LogP contribution is 2.64. The van der Waals surface area contributed by atoms with E-state index in [-0.39, 0.29) is 30.6 Å². The molecule has 3 aliphatic carbocycles. The lowest BCUT2D eigenvalue weighted by Gasteiger charge is -2.67. The first-order valence-electron chi connectivity index (χ1n) is 19.3. The molecule has 0 aromatic carbocycles. The van der Waals surface area contributed by atoms with E-state index in [1.807, 2.05) is 0 Å². The molecular formula is C40H57NO15. The van der Waals surface area contributed by atoms with Gasteiger partial charge in [-0.05, 0) is 65.0 Å². The number of ketones is 1. The van der Waals surface area contributed by atoms with Crippen LogP contribution in [0.1, 0.15) is 107 Å². The van der Waals surface area contributed by atoms with Gasteiger partial charge in [0.15, 0.2) is 23.6 Å². The second kappa shape index (κ2) is 15.5. The first kappa shape index (κ1) is 43.3. The molecule has 16 nitrogen and oxygen atoms in total. The standard InChI is InChI=1S/C40H57NO15/c1-20-24-18-40(50)33(54-27(45)16-14-12-10-11-13-15-23(29(46)34(48)53-24)41-35(49)56-36(4,5)6)31-38(9,25(44)17-26-39(31,19-51-26)55-22(3)43)32(47)30(52-21(2)42)28(20)37(40,7)8/h13,15,23-26,29-31,33,44,46,50H,10-12,14,16-19H2,1-9H3,(H,41,49)/b15-13-. The fourth-order valence-corrected chi connectivity index (χ4v) is 9.44. The van der Waals surface area contributed by atoms with Gasteiger partial charge in [-0.3, -0.25) is 19.2 Å². The monoisotopic (exact) mass is 791 g/mol. The molecule has 0 radical (unpaired) electrons. The molecule has 0 aromatic rings. The van der Waals surface area contributed by atoms with Gasteiger partial charge in [-0.2, -0.15) is 0 Å². The Bertz CT molecular complexity index is 1680. The minimum atomic E-state index is -2.30. The molecule has 3 bridgehead atoms. The second-order valence-corrected chi connectivity index (χ2v) is 17.5. The molecule has 2 heterocycles. The van der Waals surface area contributed by atoms with Gasteiger partial charge in [0.2, 0.25) is 0 Å². The number of nitrogens with one attached hydrogen (secondary N) is 1. The molecule has 56 heavy (non-hydrogen) atoms. The summed E-state index contributed by atoms with van der Waals surface area (Å²) in [5.41, 5.74) is -8.26. The van der Waals surface area contributed by atoms with E-state index in [2.05, 4.69) is 5.32 Å². The van der Waals surface area contributed by atoms with Crippen molar-refractivity contribution in [3.8, 4) is 0 Å². The Morgan fingerprint density at radius 3 is 2.25 bits per heavy atom. The fraction of sp³-hybridized carbons (Fsp3) is 0.750. The molecule has 0 spiro atoms. The van der Waals surface area contributed by atoms with E-state index < -0.39 is 118 Å². The molecular weight excluding hydrogens is 734 g/mol. The largest absolute Gasteiger partial charge is 0.459 e. The fourth-order valence-electron chi connectivity index (χ4n) is 9.44. The zero-order chi connectivity index (χ0) is 41.8. The van der Waals surface area contributed by atoms with E-state index in [0.29, 0.717) is 25.7 Å². The molecule has 5 aliphatic rings. The molecule has 2 aliphatic heterocycles. The van der Waals surface area contributed by atoms with Crippen LogP contribution in [0.5, 0.6) is 0 Å². The maximum atomic E-state index is 15.3. The minimum absolute atomic E-state index is 0.0291. The smallest absolute Gasteiger partial charge is 0.408 e. The molecule has 16 heteroatoms. The highest BCUT2D eigenvalue weighted by atomic mass is 16.6. The Labute approximate surface area is 326 Å². The van der Waals surface area contributed by atoms with Gasteiger partial charge in [0.05, 0.1) is 30.1 Å². The molecule has 11 unspecified atom stereocenters. The Kier molecular flexibility index (Phi) is 12.0. The lowest BCUT2D eigenvalue weighted by molar-refractivity contribution is -0.347. The number of esters is 4. The summed E-state index contributed by atoms with van der Waals surface area (Å²) >= 11 is 0. The van der Waals surface area contributed by atoms with Crippen LogP contribution >= 0.6 is 0 Å². The highest BCUT2D eigenvalue weighted by molar-refractivity contribution is 5.95. The number of aliphatic hydroxyl groups is 3. The molecule has 312 valence electrons. The van der Waals surface area contributed by atoms with E-state index in [0.717, 1.165) is 13.8 Å². The van der Waals surface area contributed by atoms with Crippen LogP contribution in [0.2, 0.25) is 0 Å². The number of carbonyl (C=O) groups excluding carboxylic acids is 6. The van der Waals surface area contributed by atoms with Crippen molar-refractivity contribution in [3.05, 3.63) is 23.3 Å². The average molecular weight is 792 g/mol. The molecule has 5 rings (SSSR count). The third-order valence-corrected chi connectivity index (χ3v) is 12.3. The van der Waals surface area contributed by atoms with E-state index in [1.165, 1.54) is 19.9 Å². The topological polar surface area (TPSA) is 231 Å². The van der Waals surface area contributed by atoms with Gasteiger partial charge < -0.3 is 49.1 Å². The van der Waals surface area contributed by atoms with Crippen LogP contribution in [-0.2, 0) is 52.4 Å². The number of hydrogen-bond donors (Lipinski definition) is 4. The Morgan fingerprint density at radius 2 is 1.66 bits per heavy atom. The van der Waals surface area contributed by atoms with E-state index in [1.54, 1.807) is 40.7 Å². The highest BCUT2D eigenvalue weighted by Gasteiger charge is 2.78. The van der Waals surface area contributed by atoms with Crippen molar-refractivity contribution in [1.29, 1.82) is 0 Å². The molecule has 1 amide bonds. The molecule has 0 aromatic heterocycles. The number of Topliss-reactive ketones (excluding diaryl/α,β-unsaturated/α-hetero) is 1. The minimum Gasteiger partial charge on any atom is -0.459 e. The van der Waals surface area contributed by atoms with E-state index >= 15 is 4.79 Å². The van der Waals surface area contributed by atoms with Crippen molar-refractivity contribution in [2.45, 2.75) is 167 Å². The Morgan fingerprint density at radius 1 is 0.982 bits per heavy atom. The number of rotatable bonds is 3. The van der Waals surface area contributed by atoms with Crippen LogP contribution in [0.25, 0.3) is 0 Å². The van der Waals surface area contributed by atoms with Crippen LogP contribution in [-0.4, -0.2) is 117 Å². The predicted octanol–water partition coefficient (Wildman–Crippen LogP) is 2.66. The van der Waals surface area contributed by atoms with Crippen molar-refractivity contribution in [3.63, 3.8) is 0 Å². The lowest BCUT2D eigenvalue weighted by Crippen LogP contribution is -2.82. The predicted molar refractivity (Wildman–Crippen MR) is 194 cm³/mol. The number of alkyl carbamates (subject to hydrolysis) is 1. The normalized spacial score (nSPS) is 39.5. The number of fused-ring (bicyclic) bond motifs is 6. The van der Waals surface area contributed by atoms with Crippen molar-refractivity contribution >= 4 is 35.8 Å². The summed E-state index contributed by atoms with van der Waals surface area (Å²) in [6.07, 6.45) is -6.03. The summed E-state index contributed by atoms with van der Waals surface area (Å²) in [5.74, 6) is -5.88. The van der Waals surface area contributed by atoms with Gasteiger partial charge in [-0.15, -0.1) is 0 Å².